The van der Waals surface area contributed by atoms with Crippen molar-refractivity contribution in [2.75, 3.05) is 0 Å². The molecule has 0 fully saturated rings. The predicted octanol–water partition coefficient (Wildman–Crippen LogP) is 4.39. The second-order valence-corrected chi connectivity index (χ2v) is 9.33. The topological polar surface area (TPSA) is 92.3 Å². The molecule has 7 nitrogen and oxygen atoms in total. The fourth-order valence-corrected chi connectivity index (χ4v) is 4.63. The van der Waals surface area contributed by atoms with E-state index in [-0.39, 0.29) is 24.8 Å². The van der Waals surface area contributed by atoms with E-state index in [0.29, 0.717) is 41.1 Å². The number of hydrogen-bond acceptors (Lipinski definition) is 6. The Morgan fingerprint density at radius 2 is 2.06 bits per heavy atom. The highest BCUT2D eigenvalue weighted by Crippen LogP contribution is 2.38. The summed E-state index contributed by atoms with van der Waals surface area (Å²) < 4.78 is 28.3. The molecule has 3 aromatic rings. The van der Waals surface area contributed by atoms with Gasteiger partial charge in [-0.3, -0.25) is 4.79 Å². The van der Waals surface area contributed by atoms with E-state index >= 15 is 0 Å². The normalized spacial score (nSPS) is 15.3. The summed E-state index contributed by atoms with van der Waals surface area (Å²) in [7, 11) is 0. The lowest BCUT2D eigenvalue weighted by Gasteiger charge is -2.28. The predicted molar refractivity (Wildman–Crippen MR) is 123 cm³/mol. The van der Waals surface area contributed by atoms with Gasteiger partial charge in [0, 0.05) is 41.8 Å². The van der Waals surface area contributed by atoms with Crippen molar-refractivity contribution in [2.45, 2.75) is 57.0 Å². The summed E-state index contributed by atoms with van der Waals surface area (Å²) in [4.78, 5) is 11.2. The minimum atomic E-state index is -0.544. The standard InChI is InChI=1S/C24H27FN4O3S/c1-15(2)12-29-21(9-8-20(26)30)27-28-24(29)33-14-18-11-19(25)10-17-13-31-23(32-22(17)18)16-6-4-3-5-7-16/h3-7,10-11,15,23H,8-9,12-14H2,1-2H3,(H2,26,30)/t23-/m1/s1. The van der Waals surface area contributed by atoms with E-state index in [4.69, 9.17) is 15.2 Å². The zero-order valence-electron chi connectivity index (χ0n) is 18.7. The van der Waals surface area contributed by atoms with Gasteiger partial charge in [0.05, 0.1) is 6.61 Å². The molecule has 1 atom stereocenters. The molecule has 0 spiro atoms. The lowest BCUT2D eigenvalue weighted by Crippen LogP contribution is -2.19. The summed E-state index contributed by atoms with van der Waals surface area (Å²) in [6.07, 6.45) is 0.106. The summed E-state index contributed by atoms with van der Waals surface area (Å²) in [6.45, 7) is 5.19. The van der Waals surface area contributed by atoms with Crippen LogP contribution in [-0.2, 0) is 34.9 Å². The Labute approximate surface area is 196 Å². The Hall–Kier alpha value is -2.91. The molecule has 9 heteroatoms. The number of nitrogens with two attached hydrogens (primary N) is 1. The second kappa shape index (κ2) is 10.4. The van der Waals surface area contributed by atoms with Gasteiger partial charge in [-0.15, -0.1) is 10.2 Å². The van der Waals surface area contributed by atoms with Crippen LogP contribution in [0.5, 0.6) is 5.75 Å². The Morgan fingerprint density at radius 1 is 1.27 bits per heavy atom. The molecule has 33 heavy (non-hydrogen) atoms. The summed E-state index contributed by atoms with van der Waals surface area (Å²) in [5.74, 6) is 1.48. The highest BCUT2D eigenvalue weighted by atomic mass is 32.2. The SMILES string of the molecule is CC(C)Cn1c(CCC(N)=O)nnc1SCc1cc(F)cc2c1O[C@H](c1ccccc1)OC2. The van der Waals surface area contributed by atoms with Crippen LogP contribution in [0.15, 0.2) is 47.6 Å². The molecule has 1 aliphatic heterocycles. The van der Waals surface area contributed by atoms with Crippen molar-refractivity contribution in [1.82, 2.24) is 14.8 Å². The molecule has 0 aliphatic carbocycles. The van der Waals surface area contributed by atoms with Gasteiger partial charge in [-0.05, 0) is 18.1 Å². The van der Waals surface area contributed by atoms with Crippen molar-refractivity contribution in [3.8, 4) is 5.75 Å². The molecule has 2 N–H and O–H groups in total. The van der Waals surface area contributed by atoms with E-state index in [1.54, 1.807) is 0 Å². The van der Waals surface area contributed by atoms with Gasteiger partial charge in [-0.1, -0.05) is 55.9 Å². The number of amides is 1. The van der Waals surface area contributed by atoms with Gasteiger partial charge in [-0.2, -0.15) is 0 Å². The average molecular weight is 471 g/mol. The molecular formula is C24H27FN4O3S. The van der Waals surface area contributed by atoms with Crippen LogP contribution in [0.2, 0.25) is 0 Å². The number of aryl methyl sites for hydroxylation is 1. The lowest BCUT2D eigenvalue weighted by atomic mass is 10.1. The molecule has 0 radical (unpaired) electrons. The smallest absolute Gasteiger partial charge is 0.227 e. The van der Waals surface area contributed by atoms with Gasteiger partial charge in [0.2, 0.25) is 12.2 Å². The third-order valence-electron chi connectivity index (χ3n) is 5.19. The Morgan fingerprint density at radius 3 is 2.79 bits per heavy atom. The molecule has 174 valence electrons. The van der Waals surface area contributed by atoms with Gasteiger partial charge in [0.1, 0.15) is 17.4 Å². The Bertz CT molecular complexity index is 1120. The first-order valence-corrected chi connectivity index (χ1v) is 11.9. The molecule has 1 aromatic heterocycles. The van der Waals surface area contributed by atoms with Crippen LogP contribution in [0.3, 0.4) is 0 Å². The monoisotopic (exact) mass is 470 g/mol. The number of benzene rings is 2. The highest BCUT2D eigenvalue weighted by molar-refractivity contribution is 7.98. The van der Waals surface area contributed by atoms with Crippen molar-refractivity contribution in [1.29, 1.82) is 0 Å². The van der Waals surface area contributed by atoms with Crippen LogP contribution in [0, 0.1) is 11.7 Å². The molecule has 4 rings (SSSR count). The molecule has 1 amide bonds. The minimum Gasteiger partial charge on any atom is -0.460 e. The lowest BCUT2D eigenvalue weighted by molar-refractivity contribution is -0.118. The zero-order valence-corrected chi connectivity index (χ0v) is 19.5. The second-order valence-electron chi connectivity index (χ2n) is 8.38. The third kappa shape index (κ3) is 5.72. The summed E-state index contributed by atoms with van der Waals surface area (Å²) >= 11 is 1.46. The van der Waals surface area contributed by atoms with Crippen molar-refractivity contribution < 1.29 is 18.7 Å². The minimum absolute atomic E-state index is 0.215. The quantitative estimate of drug-likeness (QED) is 0.466. The maximum absolute atomic E-state index is 14.3. The molecule has 0 saturated carbocycles. The van der Waals surface area contributed by atoms with Crippen LogP contribution >= 0.6 is 11.8 Å². The molecule has 2 aromatic carbocycles. The summed E-state index contributed by atoms with van der Waals surface area (Å²) in [5.41, 5.74) is 7.63. The van der Waals surface area contributed by atoms with E-state index in [1.807, 2.05) is 34.9 Å². The van der Waals surface area contributed by atoms with E-state index in [1.165, 1.54) is 23.9 Å². The summed E-state index contributed by atoms with van der Waals surface area (Å²) in [6, 6.07) is 12.6. The third-order valence-corrected chi connectivity index (χ3v) is 6.20. The van der Waals surface area contributed by atoms with E-state index in [9.17, 15) is 9.18 Å². The number of primary amides is 1. The van der Waals surface area contributed by atoms with Crippen molar-refractivity contribution >= 4 is 17.7 Å². The van der Waals surface area contributed by atoms with Crippen molar-refractivity contribution in [3.63, 3.8) is 0 Å². The van der Waals surface area contributed by atoms with E-state index < -0.39 is 6.29 Å². The van der Waals surface area contributed by atoms with E-state index in [0.717, 1.165) is 17.0 Å². The number of halogens is 1. The number of ether oxygens (including phenoxy) is 2. The number of carbonyl (C=O) groups excluding carboxylic acids is 1. The first kappa shape index (κ1) is 23.3. The number of thioether (sulfide) groups is 1. The fraction of sp³-hybridized carbons (Fsp3) is 0.375. The van der Waals surface area contributed by atoms with Crippen molar-refractivity contribution in [3.05, 3.63) is 70.8 Å². The zero-order chi connectivity index (χ0) is 23.4. The molecule has 0 saturated heterocycles. The number of fused-ring (bicyclic) bond motifs is 1. The van der Waals surface area contributed by atoms with E-state index in [2.05, 4.69) is 24.0 Å². The van der Waals surface area contributed by atoms with Gasteiger partial charge >= 0.3 is 0 Å². The van der Waals surface area contributed by atoms with Crippen LogP contribution in [0.4, 0.5) is 4.39 Å². The summed E-state index contributed by atoms with van der Waals surface area (Å²) in [5, 5.41) is 9.31. The molecular weight excluding hydrogens is 443 g/mol. The van der Waals surface area contributed by atoms with Crippen molar-refractivity contribution in [2.24, 2.45) is 11.7 Å². The number of carbonyl (C=O) groups is 1. The van der Waals surface area contributed by atoms with Gasteiger partial charge < -0.3 is 19.8 Å². The number of hydrogen-bond donors (Lipinski definition) is 1. The van der Waals surface area contributed by atoms with Gasteiger partial charge in [-0.25, -0.2) is 4.39 Å². The molecule has 2 heterocycles. The fourth-order valence-electron chi connectivity index (χ4n) is 3.70. The maximum atomic E-state index is 14.3. The van der Waals surface area contributed by atoms with Crippen LogP contribution in [0.1, 0.15) is 49.1 Å². The first-order valence-electron chi connectivity index (χ1n) is 10.9. The highest BCUT2D eigenvalue weighted by Gasteiger charge is 2.25. The Kier molecular flexibility index (Phi) is 7.29. The average Bonchev–Trinajstić information content (AvgIpc) is 3.17. The largest absolute Gasteiger partial charge is 0.460 e. The molecule has 1 aliphatic rings. The van der Waals surface area contributed by atoms with Crippen LogP contribution < -0.4 is 10.5 Å². The van der Waals surface area contributed by atoms with Crippen LogP contribution in [0.25, 0.3) is 0 Å². The van der Waals surface area contributed by atoms with Crippen LogP contribution in [-0.4, -0.2) is 20.7 Å². The molecule has 0 unspecified atom stereocenters. The van der Waals surface area contributed by atoms with Gasteiger partial charge in [0.25, 0.3) is 0 Å². The molecule has 0 bridgehead atoms. The number of rotatable bonds is 9. The maximum Gasteiger partial charge on any atom is 0.227 e. The van der Waals surface area contributed by atoms with Gasteiger partial charge in [0.15, 0.2) is 5.16 Å². The first-order chi connectivity index (χ1) is 15.9. The Balaban J connectivity index is 1.56. The number of nitrogens with zero attached hydrogens (tertiary/aromatic N) is 3. The number of aromatic nitrogens is 3.